The van der Waals surface area contributed by atoms with Crippen molar-refractivity contribution in [2.45, 2.75) is 11.3 Å². The van der Waals surface area contributed by atoms with E-state index in [0.29, 0.717) is 24.7 Å². The predicted octanol–water partition coefficient (Wildman–Crippen LogP) is 0.992. The number of sulfonamides is 1. The van der Waals surface area contributed by atoms with Gasteiger partial charge in [-0.2, -0.15) is 9.57 Å². The van der Waals surface area contributed by atoms with Gasteiger partial charge < -0.3 is 9.47 Å². The molecule has 1 aromatic carbocycles. The van der Waals surface area contributed by atoms with Crippen molar-refractivity contribution in [3.05, 3.63) is 18.2 Å². The van der Waals surface area contributed by atoms with Gasteiger partial charge >= 0.3 is 0 Å². The summed E-state index contributed by atoms with van der Waals surface area (Å²) in [6, 6.07) is 6.43. The minimum atomic E-state index is -3.60. The van der Waals surface area contributed by atoms with Gasteiger partial charge in [-0.1, -0.05) is 0 Å². The van der Waals surface area contributed by atoms with Crippen molar-refractivity contribution in [3.63, 3.8) is 0 Å². The van der Waals surface area contributed by atoms with Gasteiger partial charge in [0.05, 0.1) is 11.0 Å². The molecule has 19 heavy (non-hydrogen) atoms. The highest BCUT2D eigenvalue weighted by Gasteiger charge is 2.23. The van der Waals surface area contributed by atoms with Gasteiger partial charge in [-0.3, -0.25) is 0 Å². The van der Waals surface area contributed by atoms with Crippen LogP contribution in [0.15, 0.2) is 23.1 Å². The Kier molecular flexibility index (Phi) is 3.93. The fourth-order valence-electron chi connectivity index (χ4n) is 1.69. The Morgan fingerprint density at radius 2 is 2.00 bits per heavy atom. The molecule has 0 saturated heterocycles. The first-order valence-electron chi connectivity index (χ1n) is 5.78. The first kappa shape index (κ1) is 13.6. The number of hydrogen-bond donors (Lipinski definition) is 0. The van der Waals surface area contributed by atoms with E-state index >= 15 is 0 Å². The van der Waals surface area contributed by atoms with Gasteiger partial charge in [0.1, 0.15) is 13.2 Å². The molecule has 1 aliphatic heterocycles. The van der Waals surface area contributed by atoms with Gasteiger partial charge in [0, 0.05) is 26.1 Å². The van der Waals surface area contributed by atoms with Crippen LogP contribution in [0.5, 0.6) is 11.5 Å². The molecular weight excluding hydrogens is 268 g/mol. The summed E-state index contributed by atoms with van der Waals surface area (Å²) in [6.07, 6.45) is 0.153. The van der Waals surface area contributed by atoms with Crippen LogP contribution in [0.3, 0.4) is 0 Å². The number of benzene rings is 1. The molecule has 0 spiro atoms. The monoisotopic (exact) mass is 282 g/mol. The predicted molar refractivity (Wildman–Crippen MR) is 67.5 cm³/mol. The third kappa shape index (κ3) is 2.80. The van der Waals surface area contributed by atoms with E-state index in [-0.39, 0.29) is 17.9 Å². The van der Waals surface area contributed by atoms with Crippen LogP contribution in [0.25, 0.3) is 0 Å². The average molecular weight is 282 g/mol. The quantitative estimate of drug-likeness (QED) is 0.822. The minimum Gasteiger partial charge on any atom is -0.486 e. The van der Waals surface area contributed by atoms with E-state index in [2.05, 4.69) is 0 Å². The topological polar surface area (TPSA) is 79.6 Å². The SMILES string of the molecule is CN(CCC#N)S(=O)(=O)c1ccc2c(c1)OCCO2. The third-order valence-corrected chi connectivity index (χ3v) is 4.61. The Hall–Kier alpha value is -1.78. The summed E-state index contributed by atoms with van der Waals surface area (Å²) in [5.74, 6) is 0.978. The van der Waals surface area contributed by atoms with Crippen molar-refractivity contribution in [3.8, 4) is 17.6 Å². The second-order valence-corrected chi connectivity index (χ2v) is 6.09. The van der Waals surface area contributed by atoms with Crippen LogP contribution in [-0.2, 0) is 10.0 Å². The molecule has 0 bridgehead atoms. The fourth-order valence-corrected chi connectivity index (χ4v) is 2.88. The molecule has 1 aromatic rings. The molecule has 0 aromatic heterocycles. The van der Waals surface area contributed by atoms with Gasteiger partial charge in [0.25, 0.3) is 0 Å². The zero-order valence-corrected chi connectivity index (χ0v) is 11.3. The number of rotatable bonds is 4. The molecule has 6 nitrogen and oxygen atoms in total. The first-order chi connectivity index (χ1) is 9.05. The molecule has 102 valence electrons. The van der Waals surface area contributed by atoms with Crippen LogP contribution < -0.4 is 9.47 Å². The van der Waals surface area contributed by atoms with E-state index in [0.717, 1.165) is 4.31 Å². The maximum absolute atomic E-state index is 12.2. The number of nitrogens with zero attached hydrogens (tertiary/aromatic N) is 2. The van der Waals surface area contributed by atoms with Gasteiger partial charge in [-0.25, -0.2) is 8.42 Å². The zero-order valence-electron chi connectivity index (χ0n) is 10.5. The maximum Gasteiger partial charge on any atom is 0.242 e. The van der Waals surface area contributed by atoms with Crippen LogP contribution in [0.2, 0.25) is 0 Å². The Morgan fingerprint density at radius 3 is 2.68 bits per heavy atom. The lowest BCUT2D eigenvalue weighted by molar-refractivity contribution is 0.171. The van der Waals surface area contributed by atoms with Crippen molar-refractivity contribution in [1.29, 1.82) is 5.26 Å². The molecule has 0 aliphatic carbocycles. The molecule has 0 unspecified atom stereocenters. The Bertz CT molecular complexity index is 607. The van der Waals surface area contributed by atoms with Gasteiger partial charge in [0.2, 0.25) is 10.0 Å². The van der Waals surface area contributed by atoms with E-state index in [1.807, 2.05) is 6.07 Å². The second-order valence-electron chi connectivity index (χ2n) is 4.04. The molecule has 2 rings (SSSR count). The summed E-state index contributed by atoms with van der Waals surface area (Å²) in [5.41, 5.74) is 0. The highest BCUT2D eigenvalue weighted by atomic mass is 32.2. The molecule has 0 amide bonds. The highest BCUT2D eigenvalue weighted by Crippen LogP contribution is 2.32. The smallest absolute Gasteiger partial charge is 0.242 e. The Morgan fingerprint density at radius 1 is 1.32 bits per heavy atom. The van der Waals surface area contributed by atoms with Crippen LogP contribution in [0.4, 0.5) is 0 Å². The lowest BCUT2D eigenvalue weighted by Gasteiger charge is -2.20. The van der Waals surface area contributed by atoms with Crippen LogP contribution in [0, 0.1) is 11.3 Å². The van der Waals surface area contributed by atoms with E-state index in [1.54, 1.807) is 6.07 Å². The van der Waals surface area contributed by atoms with Gasteiger partial charge in [-0.05, 0) is 12.1 Å². The first-order valence-corrected chi connectivity index (χ1v) is 7.22. The van der Waals surface area contributed by atoms with E-state index < -0.39 is 10.0 Å². The van der Waals surface area contributed by atoms with Crippen molar-refractivity contribution >= 4 is 10.0 Å². The molecule has 0 atom stereocenters. The molecular formula is C12H14N2O4S. The molecule has 0 saturated carbocycles. The summed E-state index contributed by atoms with van der Waals surface area (Å²) < 4.78 is 36.3. The van der Waals surface area contributed by atoms with E-state index in [9.17, 15) is 8.42 Å². The van der Waals surface area contributed by atoms with E-state index in [4.69, 9.17) is 14.7 Å². The molecule has 7 heteroatoms. The summed E-state index contributed by atoms with van der Waals surface area (Å²) in [5, 5.41) is 8.50. The van der Waals surface area contributed by atoms with Crippen molar-refractivity contribution < 1.29 is 17.9 Å². The number of nitriles is 1. The Balaban J connectivity index is 2.28. The maximum atomic E-state index is 12.2. The average Bonchev–Trinajstić information content (AvgIpc) is 2.44. The number of ether oxygens (including phenoxy) is 2. The fraction of sp³-hybridized carbons (Fsp3) is 0.417. The summed E-state index contributed by atoms with van der Waals surface area (Å²) in [4.78, 5) is 0.136. The zero-order chi connectivity index (χ0) is 13.9. The summed E-state index contributed by atoms with van der Waals surface area (Å²) >= 11 is 0. The van der Waals surface area contributed by atoms with Crippen LogP contribution in [-0.4, -0.2) is 39.5 Å². The summed E-state index contributed by atoms with van der Waals surface area (Å²) in [6.45, 7) is 1.02. The highest BCUT2D eigenvalue weighted by molar-refractivity contribution is 7.89. The standard InChI is InChI=1S/C12H14N2O4S/c1-14(6-2-5-13)19(15,16)10-3-4-11-12(9-10)18-8-7-17-11/h3-4,9H,2,6-8H2,1H3. The molecule has 1 heterocycles. The van der Waals surface area contributed by atoms with E-state index in [1.165, 1.54) is 19.2 Å². The number of hydrogen-bond acceptors (Lipinski definition) is 5. The largest absolute Gasteiger partial charge is 0.486 e. The lowest BCUT2D eigenvalue weighted by Crippen LogP contribution is -2.28. The van der Waals surface area contributed by atoms with Crippen molar-refractivity contribution in [2.75, 3.05) is 26.8 Å². The van der Waals surface area contributed by atoms with Gasteiger partial charge in [0.15, 0.2) is 11.5 Å². The van der Waals surface area contributed by atoms with Crippen molar-refractivity contribution in [1.82, 2.24) is 4.31 Å². The molecule has 1 aliphatic rings. The van der Waals surface area contributed by atoms with Crippen LogP contribution >= 0.6 is 0 Å². The minimum absolute atomic E-state index is 0.136. The van der Waals surface area contributed by atoms with Crippen molar-refractivity contribution in [2.24, 2.45) is 0 Å². The normalized spacial score (nSPS) is 14.2. The second kappa shape index (κ2) is 5.47. The molecule has 0 radical (unpaired) electrons. The third-order valence-electron chi connectivity index (χ3n) is 2.76. The Labute approximate surface area is 112 Å². The number of fused-ring (bicyclic) bond motifs is 1. The lowest BCUT2D eigenvalue weighted by atomic mass is 10.3. The summed E-state index contributed by atoms with van der Waals surface area (Å²) in [7, 11) is -2.15. The molecule has 0 N–H and O–H groups in total. The van der Waals surface area contributed by atoms with Crippen LogP contribution in [0.1, 0.15) is 6.42 Å². The molecule has 0 fully saturated rings. The van der Waals surface area contributed by atoms with Gasteiger partial charge in [-0.15, -0.1) is 0 Å².